The van der Waals surface area contributed by atoms with Crippen LogP contribution < -0.4 is 0 Å². The smallest absolute Gasteiger partial charge is 0.293 e. The van der Waals surface area contributed by atoms with E-state index in [1.165, 1.54) is 0 Å². The minimum Gasteiger partial charge on any atom is -0.456 e. The summed E-state index contributed by atoms with van der Waals surface area (Å²) in [7, 11) is 0. The molecule has 0 spiro atoms. The highest BCUT2D eigenvalue weighted by molar-refractivity contribution is 5.44. The molecule has 0 saturated carbocycles. The predicted molar refractivity (Wildman–Crippen MR) is 52.0 cm³/mol. The normalized spacial score (nSPS) is 13.0. The molecule has 2 aromatic rings. The number of furan rings is 1. The van der Waals surface area contributed by atoms with Gasteiger partial charge in [0, 0.05) is 0 Å². The first-order valence-electron chi connectivity index (χ1n) is 4.79. The van der Waals surface area contributed by atoms with Crippen molar-refractivity contribution in [3.05, 3.63) is 23.7 Å². The Labute approximate surface area is 86.7 Å². The molecule has 1 unspecified atom stereocenters. The quantitative estimate of drug-likeness (QED) is 0.835. The van der Waals surface area contributed by atoms with E-state index < -0.39 is 6.10 Å². The van der Waals surface area contributed by atoms with Gasteiger partial charge < -0.3 is 14.0 Å². The van der Waals surface area contributed by atoms with Gasteiger partial charge in [-0.2, -0.15) is 4.98 Å². The molecule has 0 saturated heterocycles. The number of nitrogens with zero attached hydrogens (tertiary/aromatic N) is 2. The second kappa shape index (κ2) is 3.86. The highest BCUT2D eigenvalue weighted by Crippen LogP contribution is 2.22. The Kier molecular flexibility index (Phi) is 2.55. The number of rotatable bonds is 3. The molecule has 0 radical (unpaired) electrons. The van der Waals surface area contributed by atoms with Gasteiger partial charge in [-0.15, -0.1) is 0 Å². The molecule has 0 bridgehead atoms. The Bertz CT molecular complexity index is 447. The van der Waals surface area contributed by atoms with E-state index in [1.807, 2.05) is 19.9 Å². The largest absolute Gasteiger partial charge is 0.456 e. The van der Waals surface area contributed by atoms with Crippen molar-refractivity contribution < 1.29 is 14.0 Å². The molecule has 1 N–H and O–H groups in total. The van der Waals surface area contributed by atoms with Crippen LogP contribution in [0.3, 0.4) is 0 Å². The highest BCUT2D eigenvalue weighted by atomic mass is 16.5. The van der Waals surface area contributed by atoms with E-state index >= 15 is 0 Å². The van der Waals surface area contributed by atoms with Crippen LogP contribution in [0.4, 0.5) is 0 Å². The van der Waals surface area contributed by atoms with Gasteiger partial charge in [-0.05, 0) is 25.5 Å². The minimum absolute atomic E-state index is 0.293. The Hall–Kier alpha value is -1.62. The van der Waals surface area contributed by atoms with Gasteiger partial charge in [0.15, 0.2) is 5.76 Å². The first-order chi connectivity index (χ1) is 7.20. The molecule has 0 aromatic carbocycles. The molecular weight excluding hydrogens is 196 g/mol. The van der Waals surface area contributed by atoms with Gasteiger partial charge in [0.1, 0.15) is 11.9 Å². The Balaban J connectivity index is 2.27. The second-order valence-electron chi connectivity index (χ2n) is 3.29. The van der Waals surface area contributed by atoms with Crippen LogP contribution in [0, 0.1) is 6.92 Å². The maximum absolute atomic E-state index is 9.48. The predicted octanol–water partition coefficient (Wildman–Crippen LogP) is 2.08. The molecule has 15 heavy (non-hydrogen) atoms. The monoisotopic (exact) mass is 208 g/mol. The van der Waals surface area contributed by atoms with Gasteiger partial charge in [-0.1, -0.05) is 12.1 Å². The van der Waals surface area contributed by atoms with Crippen LogP contribution in [-0.2, 0) is 0 Å². The summed E-state index contributed by atoms with van der Waals surface area (Å²) in [6.07, 6.45) is -0.130. The molecule has 2 rings (SSSR count). The summed E-state index contributed by atoms with van der Waals surface area (Å²) in [5.74, 6) is 1.89. The van der Waals surface area contributed by atoms with Crippen molar-refractivity contribution in [2.24, 2.45) is 0 Å². The lowest BCUT2D eigenvalue weighted by molar-refractivity contribution is 0.159. The fourth-order valence-electron chi connectivity index (χ4n) is 1.20. The van der Waals surface area contributed by atoms with E-state index in [2.05, 4.69) is 10.1 Å². The number of aryl methyl sites for hydroxylation is 1. The van der Waals surface area contributed by atoms with Crippen molar-refractivity contribution >= 4 is 0 Å². The van der Waals surface area contributed by atoms with Crippen LogP contribution in [0.5, 0.6) is 0 Å². The van der Waals surface area contributed by atoms with E-state index in [9.17, 15) is 5.11 Å². The van der Waals surface area contributed by atoms with Gasteiger partial charge in [-0.25, -0.2) is 0 Å². The SMILES string of the molecule is CCC(O)c1noc(-c2ccc(C)o2)n1. The van der Waals surface area contributed by atoms with Crippen LogP contribution in [0.1, 0.15) is 31.0 Å². The average molecular weight is 208 g/mol. The summed E-state index contributed by atoms with van der Waals surface area (Å²) >= 11 is 0. The van der Waals surface area contributed by atoms with Gasteiger partial charge in [0.25, 0.3) is 5.89 Å². The average Bonchev–Trinajstić information content (AvgIpc) is 2.84. The fraction of sp³-hybridized carbons (Fsp3) is 0.400. The fourth-order valence-corrected chi connectivity index (χ4v) is 1.20. The Morgan fingerprint density at radius 1 is 1.47 bits per heavy atom. The van der Waals surface area contributed by atoms with Crippen molar-refractivity contribution in [1.29, 1.82) is 0 Å². The van der Waals surface area contributed by atoms with E-state index in [-0.39, 0.29) is 0 Å². The zero-order chi connectivity index (χ0) is 10.8. The molecule has 80 valence electrons. The summed E-state index contributed by atoms with van der Waals surface area (Å²) in [6.45, 7) is 3.68. The summed E-state index contributed by atoms with van der Waals surface area (Å²) in [5, 5.41) is 13.2. The summed E-state index contributed by atoms with van der Waals surface area (Å²) in [6, 6.07) is 3.57. The topological polar surface area (TPSA) is 72.3 Å². The number of aliphatic hydroxyl groups excluding tert-OH is 1. The second-order valence-corrected chi connectivity index (χ2v) is 3.29. The molecule has 0 aliphatic carbocycles. The zero-order valence-corrected chi connectivity index (χ0v) is 8.60. The van der Waals surface area contributed by atoms with Crippen molar-refractivity contribution in [3.8, 4) is 11.7 Å². The summed E-state index contributed by atoms with van der Waals surface area (Å²) < 4.78 is 10.3. The highest BCUT2D eigenvalue weighted by Gasteiger charge is 2.16. The molecular formula is C10H12N2O3. The third kappa shape index (κ3) is 1.92. The third-order valence-electron chi connectivity index (χ3n) is 2.08. The Morgan fingerprint density at radius 2 is 2.27 bits per heavy atom. The lowest BCUT2D eigenvalue weighted by Crippen LogP contribution is -1.97. The first kappa shape index (κ1) is 9.92. The molecule has 1 atom stereocenters. The van der Waals surface area contributed by atoms with E-state index in [0.29, 0.717) is 23.9 Å². The number of hydrogen-bond donors (Lipinski definition) is 1. The van der Waals surface area contributed by atoms with Crippen LogP contribution in [0.15, 0.2) is 21.1 Å². The van der Waals surface area contributed by atoms with E-state index in [1.54, 1.807) is 6.07 Å². The molecule has 0 fully saturated rings. The van der Waals surface area contributed by atoms with Crippen LogP contribution >= 0.6 is 0 Å². The summed E-state index contributed by atoms with van der Waals surface area (Å²) in [5.41, 5.74) is 0. The van der Waals surface area contributed by atoms with Gasteiger partial charge in [0.2, 0.25) is 5.82 Å². The van der Waals surface area contributed by atoms with Crippen molar-refractivity contribution in [2.45, 2.75) is 26.4 Å². The van der Waals surface area contributed by atoms with E-state index in [4.69, 9.17) is 8.94 Å². The molecule has 0 aliphatic heterocycles. The van der Waals surface area contributed by atoms with Gasteiger partial charge in [0.05, 0.1) is 0 Å². The summed E-state index contributed by atoms with van der Waals surface area (Å²) in [4.78, 5) is 4.04. The maximum Gasteiger partial charge on any atom is 0.293 e. The molecule has 5 nitrogen and oxygen atoms in total. The van der Waals surface area contributed by atoms with E-state index in [0.717, 1.165) is 5.76 Å². The molecule has 0 amide bonds. The van der Waals surface area contributed by atoms with Crippen molar-refractivity contribution in [2.75, 3.05) is 0 Å². The van der Waals surface area contributed by atoms with Crippen molar-refractivity contribution in [1.82, 2.24) is 10.1 Å². The molecule has 5 heteroatoms. The molecule has 0 aliphatic rings. The maximum atomic E-state index is 9.48. The van der Waals surface area contributed by atoms with Gasteiger partial charge >= 0.3 is 0 Å². The number of aromatic nitrogens is 2. The molecule has 2 heterocycles. The van der Waals surface area contributed by atoms with Crippen molar-refractivity contribution in [3.63, 3.8) is 0 Å². The van der Waals surface area contributed by atoms with Crippen LogP contribution in [0.25, 0.3) is 11.7 Å². The zero-order valence-electron chi connectivity index (χ0n) is 8.60. The minimum atomic E-state index is -0.682. The first-order valence-corrected chi connectivity index (χ1v) is 4.79. The lowest BCUT2D eigenvalue weighted by Gasteiger charge is -1.97. The Morgan fingerprint density at radius 3 is 2.87 bits per heavy atom. The number of hydrogen-bond acceptors (Lipinski definition) is 5. The standard InChI is InChI=1S/C10H12N2O3/c1-3-7(13)9-11-10(15-12-9)8-5-4-6(2)14-8/h4-5,7,13H,3H2,1-2H3. The lowest BCUT2D eigenvalue weighted by atomic mass is 10.3. The number of aliphatic hydroxyl groups is 1. The van der Waals surface area contributed by atoms with Crippen LogP contribution in [-0.4, -0.2) is 15.2 Å². The third-order valence-corrected chi connectivity index (χ3v) is 2.08. The molecule has 2 aromatic heterocycles. The van der Waals surface area contributed by atoms with Crippen LogP contribution in [0.2, 0.25) is 0 Å². The van der Waals surface area contributed by atoms with Gasteiger partial charge in [-0.3, -0.25) is 0 Å².